The van der Waals surface area contributed by atoms with Crippen molar-refractivity contribution in [3.05, 3.63) is 28.2 Å². The summed E-state index contributed by atoms with van der Waals surface area (Å²) < 4.78 is 1.00. The third-order valence-corrected chi connectivity index (χ3v) is 4.29. The first-order chi connectivity index (χ1) is 9.46. The maximum atomic E-state index is 11.9. The summed E-state index contributed by atoms with van der Waals surface area (Å²) in [5.74, 6) is 0.329. The largest absolute Gasteiger partial charge is 0.396 e. The van der Waals surface area contributed by atoms with Crippen LogP contribution in [0.2, 0.25) is 0 Å². The van der Waals surface area contributed by atoms with Gasteiger partial charge in [0.2, 0.25) is 0 Å². The number of anilines is 1. The Morgan fingerprint density at radius 2 is 2.15 bits per heavy atom. The molecule has 0 saturated heterocycles. The molecular weight excluding hydrogens is 320 g/mol. The molecule has 1 aliphatic carbocycles. The molecule has 1 saturated carbocycles. The van der Waals surface area contributed by atoms with Crippen molar-refractivity contribution >= 4 is 27.6 Å². The third-order valence-electron chi connectivity index (χ3n) is 3.80. The molecule has 3 N–H and O–H groups in total. The topological polar surface area (TPSA) is 61.4 Å². The SMILES string of the molecule is CC(C)c1cc(Br)ccc1NC(=O)NCC1(CO)CC1. The first kappa shape index (κ1) is 15.3. The van der Waals surface area contributed by atoms with E-state index in [4.69, 9.17) is 0 Å². The number of hydrogen-bond donors (Lipinski definition) is 3. The zero-order valence-electron chi connectivity index (χ0n) is 11.9. The number of rotatable bonds is 5. The Bertz CT molecular complexity index is 499. The second kappa shape index (κ2) is 6.14. The van der Waals surface area contributed by atoms with Gasteiger partial charge in [-0.15, -0.1) is 0 Å². The summed E-state index contributed by atoms with van der Waals surface area (Å²) in [6.45, 7) is 4.86. The minimum atomic E-state index is -0.214. The molecule has 1 aliphatic rings. The Balaban J connectivity index is 1.97. The predicted octanol–water partition coefficient (Wildman–Crippen LogP) is 3.47. The molecule has 2 rings (SSSR count). The summed E-state index contributed by atoms with van der Waals surface area (Å²) in [5, 5.41) is 15.0. The quantitative estimate of drug-likeness (QED) is 0.768. The number of hydrogen-bond acceptors (Lipinski definition) is 2. The van der Waals surface area contributed by atoms with Crippen LogP contribution in [0.5, 0.6) is 0 Å². The van der Waals surface area contributed by atoms with Crippen molar-refractivity contribution in [1.82, 2.24) is 5.32 Å². The normalized spacial score (nSPS) is 16.1. The van der Waals surface area contributed by atoms with E-state index in [9.17, 15) is 9.90 Å². The van der Waals surface area contributed by atoms with Gasteiger partial charge in [-0.1, -0.05) is 29.8 Å². The van der Waals surface area contributed by atoms with Crippen molar-refractivity contribution in [2.45, 2.75) is 32.6 Å². The number of amides is 2. The lowest BCUT2D eigenvalue weighted by Crippen LogP contribution is -2.35. The van der Waals surface area contributed by atoms with Crippen LogP contribution in [-0.2, 0) is 0 Å². The lowest BCUT2D eigenvalue weighted by molar-refractivity contribution is 0.206. The minimum absolute atomic E-state index is 0.0715. The van der Waals surface area contributed by atoms with E-state index in [0.29, 0.717) is 12.5 Å². The van der Waals surface area contributed by atoms with Gasteiger partial charge in [0.25, 0.3) is 0 Å². The molecule has 4 nitrogen and oxygen atoms in total. The molecule has 0 aromatic heterocycles. The number of carbonyl (C=O) groups is 1. The van der Waals surface area contributed by atoms with Crippen molar-refractivity contribution in [3.8, 4) is 0 Å². The highest BCUT2D eigenvalue weighted by Gasteiger charge is 2.42. The molecule has 110 valence electrons. The molecule has 1 fully saturated rings. The molecule has 0 unspecified atom stereocenters. The molecule has 20 heavy (non-hydrogen) atoms. The number of aliphatic hydroxyl groups is 1. The Morgan fingerprint density at radius 3 is 2.70 bits per heavy atom. The van der Waals surface area contributed by atoms with Gasteiger partial charge in [-0.05, 0) is 42.5 Å². The minimum Gasteiger partial charge on any atom is -0.396 e. The molecule has 5 heteroatoms. The Kier molecular flexibility index (Phi) is 4.70. The molecular formula is C15H21BrN2O2. The van der Waals surface area contributed by atoms with E-state index in [1.807, 2.05) is 18.2 Å². The van der Waals surface area contributed by atoms with Gasteiger partial charge in [-0.25, -0.2) is 4.79 Å². The molecule has 0 atom stereocenters. The Morgan fingerprint density at radius 1 is 1.45 bits per heavy atom. The summed E-state index contributed by atoms with van der Waals surface area (Å²) in [6, 6.07) is 5.63. The van der Waals surface area contributed by atoms with E-state index in [2.05, 4.69) is 40.4 Å². The van der Waals surface area contributed by atoms with Gasteiger partial charge in [0.1, 0.15) is 0 Å². The second-order valence-corrected chi connectivity index (χ2v) is 6.77. The van der Waals surface area contributed by atoms with Crippen molar-refractivity contribution in [1.29, 1.82) is 0 Å². The lowest BCUT2D eigenvalue weighted by atomic mass is 10.0. The molecule has 0 heterocycles. The lowest BCUT2D eigenvalue weighted by Gasteiger charge is -2.17. The van der Waals surface area contributed by atoms with E-state index < -0.39 is 0 Å². The summed E-state index contributed by atoms with van der Waals surface area (Å²) in [4.78, 5) is 11.9. The van der Waals surface area contributed by atoms with Gasteiger partial charge < -0.3 is 15.7 Å². The zero-order chi connectivity index (χ0) is 14.8. The highest BCUT2D eigenvalue weighted by Crippen LogP contribution is 2.44. The number of benzene rings is 1. The summed E-state index contributed by atoms with van der Waals surface area (Å²) >= 11 is 3.45. The molecule has 0 radical (unpaired) electrons. The van der Waals surface area contributed by atoms with E-state index in [1.165, 1.54) is 0 Å². The highest BCUT2D eigenvalue weighted by molar-refractivity contribution is 9.10. The van der Waals surface area contributed by atoms with E-state index in [-0.39, 0.29) is 18.1 Å². The molecule has 1 aromatic rings. The second-order valence-electron chi connectivity index (χ2n) is 5.85. The third kappa shape index (κ3) is 3.73. The number of carbonyl (C=O) groups excluding carboxylic acids is 1. The average molecular weight is 341 g/mol. The van der Waals surface area contributed by atoms with E-state index in [1.54, 1.807) is 0 Å². The van der Waals surface area contributed by atoms with Gasteiger partial charge in [-0.3, -0.25) is 0 Å². The van der Waals surface area contributed by atoms with Crippen LogP contribution in [0.1, 0.15) is 38.2 Å². The maximum Gasteiger partial charge on any atom is 0.319 e. The van der Waals surface area contributed by atoms with Crippen LogP contribution >= 0.6 is 15.9 Å². The van der Waals surface area contributed by atoms with Gasteiger partial charge in [0.15, 0.2) is 0 Å². The fourth-order valence-corrected chi connectivity index (χ4v) is 2.51. The van der Waals surface area contributed by atoms with Crippen LogP contribution in [0.4, 0.5) is 10.5 Å². The van der Waals surface area contributed by atoms with Gasteiger partial charge in [0.05, 0.1) is 6.61 Å². The standard InChI is InChI=1S/C15H21BrN2O2/c1-10(2)12-7-11(16)3-4-13(12)18-14(20)17-8-15(9-19)5-6-15/h3-4,7,10,19H,5-6,8-9H2,1-2H3,(H2,17,18,20). The van der Waals surface area contributed by atoms with E-state index in [0.717, 1.165) is 28.6 Å². The van der Waals surface area contributed by atoms with Crippen LogP contribution < -0.4 is 10.6 Å². The maximum absolute atomic E-state index is 11.9. The monoisotopic (exact) mass is 340 g/mol. The molecule has 2 amide bonds. The van der Waals surface area contributed by atoms with Crippen LogP contribution in [0.3, 0.4) is 0 Å². The Labute approximate surface area is 128 Å². The van der Waals surface area contributed by atoms with Crippen molar-refractivity contribution in [2.24, 2.45) is 5.41 Å². The number of aliphatic hydroxyl groups excluding tert-OH is 1. The number of urea groups is 1. The first-order valence-corrected chi connectivity index (χ1v) is 7.70. The zero-order valence-corrected chi connectivity index (χ0v) is 13.5. The van der Waals surface area contributed by atoms with Crippen LogP contribution in [-0.4, -0.2) is 24.3 Å². The summed E-state index contributed by atoms with van der Waals surface area (Å²) in [7, 11) is 0. The number of nitrogens with one attached hydrogen (secondary N) is 2. The van der Waals surface area contributed by atoms with Crippen LogP contribution in [0.25, 0.3) is 0 Å². The average Bonchev–Trinajstić information content (AvgIpc) is 3.19. The van der Waals surface area contributed by atoms with Gasteiger partial charge in [0, 0.05) is 22.1 Å². The van der Waals surface area contributed by atoms with E-state index >= 15 is 0 Å². The fourth-order valence-electron chi connectivity index (χ4n) is 2.13. The van der Waals surface area contributed by atoms with Crippen molar-refractivity contribution in [3.63, 3.8) is 0 Å². The van der Waals surface area contributed by atoms with Crippen LogP contribution in [0, 0.1) is 5.41 Å². The summed E-state index contributed by atoms with van der Waals surface area (Å²) in [5.41, 5.74) is 1.85. The fraction of sp³-hybridized carbons (Fsp3) is 0.533. The molecule has 0 aliphatic heterocycles. The molecule has 0 bridgehead atoms. The van der Waals surface area contributed by atoms with Gasteiger partial charge in [-0.2, -0.15) is 0 Å². The van der Waals surface area contributed by atoms with Crippen LogP contribution in [0.15, 0.2) is 22.7 Å². The first-order valence-electron chi connectivity index (χ1n) is 6.91. The Hall–Kier alpha value is -1.07. The van der Waals surface area contributed by atoms with Crippen molar-refractivity contribution in [2.75, 3.05) is 18.5 Å². The van der Waals surface area contributed by atoms with Gasteiger partial charge >= 0.3 is 6.03 Å². The number of halogens is 1. The molecule has 0 spiro atoms. The molecule has 1 aromatic carbocycles. The van der Waals surface area contributed by atoms with Crippen molar-refractivity contribution < 1.29 is 9.90 Å². The predicted molar refractivity (Wildman–Crippen MR) is 84.0 cm³/mol. The summed E-state index contributed by atoms with van der Waals surface area (Å²) in [6.07, 6.45) is 1.97. The smallest absolute Gasteiger partial charge is 0.319 e. The highest BCUT2D eigenvalue weighted by atomic mass is 79.9.